The molecule has 0 atom stereocenters. The van der Waals surface area contributed by atoms with Gasteiger partial charge in [0.2, 0.25) is 5.91 Å². The third-order valence-electron chi connectivity index (χ3n) is 3.04. The van der Waals surface area contributed by atoms with Crippen LogP contribution in [0.3, 0.4) is 0 Å². The highest BCUT2D eigenvalue weighted by Gasteiger charge is 2.07. The molecular weight excluding hydrogens is 323 g/mol. The number of ether oxygens (including phenoxy) is 2. The Labute approximate surface area is 138 Å². The number of hydrogen-bond donors (Lipinski definition) is 2. The Hall–Kier alpha value is -2.47. The van der Waals surface area contributed by atoms with E-state index in [1.807, 2.05) is 0 Å². The zero-order valence-corrected chi connectivity index (χ0v) is 13.4. The Kier molecular flexibility index (Phi) is 5.65. The lowest BCUT2D eigenvalue weighted by Gasteiger charge is -2.10. The highest BCUT2D eigenvalue weighted by Crippen LogP contribution is 2.27. The lowest BCUT2D eigenvalue weighted by atomic mass is 10.2. The monoisotopic (exact) mass is 338 g/mol. The third kappa shape index (κ3) is 4.50. The first-order valence-electron chi connectivity index (χ1n) is 6.74. The van der Waals surface area contributed by atoms with Crippen LogP contribution < -0.4 is 20.1 Å². The predicted molar refractivity (Wildman–Crippen MR) is 88.1 cm³/mol. The van der Waals surface area contributed by atoms with Crippen molar-refractivity contribution in [2.24, 2.45) is 0 Å². The van der Waals surface area contributed by atoms with Crippen molar-refractivity contribution in [1.29, 1.82) is 0 Å². The average molecular weight is 339 g/mol. The van der Waals surface area contributed by atoms with Gasteiger partial charge in [-0.05, 0) is 30.3 Å². The summed E-state index contributed by atoms with van der Waals surface area (Å²) in [4.78, 5) is 11.9. The molecule has 0 bridgehead atoms. The molecule has 0 saturated heterocycles. The van der Waals surface area contributed by atoms with E-state index in [0.29, 0.717) is 22.1 Å². The molecule has 122 valence electrons. The van der Waals surface area contributed by atoms with E-state index in [9.17, 15) is 9.18 Å². The summed E-state index contributed by atoms with van der Waals surface area (Å²) in [6, 6.07) is 9.29. The van der Waals surface area contributed by atoms with Crippen molar-refractivity contribution >= 4 is 28.9 Å². The fourth-order valence-electron chi connectivity index (χ4n) is 1.91. The fourth-order valence-corrected chi connectivity index (χ4v) is 2.17. The largest absolute Gasteiger partial charge is 0.495 e. The molecule has 0 heterocycles. The minimum Gasteiger partial charge on any atom is -0.495 e. The molecule has 2 N–H and O–H groups in total. The standard InChI is InChI=1S/C16H16ClFN2O3/c1-22-14-5-4-11(7-12(14)17)20-16(21)9-19-10-3-6-15(23-2)13(18)8-10/h3-8,19H,9H2,1-2H3,(H,20,21). The quantitative estimate of drug-likeness (QED) is 0.845. The summed E-state index contributed by atoms with van der Waals surface area (Å²) < 4.78 is 23.4. The Morgan fingerprint density at radius 2 is 1.74 bits per heavy atom. The molecule has 0 aromatic heterocycles. The van der Waals surface area contributed by atoms with Crippen LogP contribution in [0, 0.1) is 5.82 Å². The maximum atomic E-state index is 13.5. The van der Waals surface area contributed by atoms with Crippen LogP contribution in [0.1, 0.15) is 0 Å². The molecule has 2 aromatic rings. The van der Waals surface area contributed by atoms with E-state index in [1.54, 1.807) is 24.3 Å². The van der Waals surface area contributed by atoms with Crippen molar-refractivity contribution < 1.29 is 18.7 Å². The first-order chi connectivity index (χ1) is 11.0. The van der Waals surface area contributed by atoms with Crippen LogP contribution in [0.2, 0.25) is 5.02 Å². The van der Waals surface area contributed by atoms with Gasteiger partial charge in [0, 0.05) is 17.4 Å². The van der Waals surface area contributed by atoms with Crippen molar-refractivity contribution in [2.45, 2.75) is 0 Å². The van der Waals surface area contributed by atoms with E-state index in [1.165, 1.54) is 26.4 Å². The molecule has 0 aliphatic heterocycles. The predicted octanol–water partition coefficient (Wildman–Crippen LogP) is 3.55. The highest BCUT2D eigenvalue weighted by atomic mass is 35.5. The van der Waals surface area contributed by atoms with E-state index in [-0.39, 0.29) is 18.2 Å². The smallest absolute Gasteiger partial charge is 0.243 e. The van der Waals surface area contributed by atoms with E-state index in [2.05, 4.69) is 10.6 Å². The molecular formula is C16H16ClFN2O3. The second-order valence-corrected chi connectivity index (χ2v) is 5.01. The number of benzene rings is 2. The van der Waals surface area contributed by atoms with Gasteiger partial charge in [0.15, 0.2) is 11.6 Å². The number of amides is 1. The lowest BCUT2D eigenvalue weighted by Crippen LogP contribution is -2.21. The molecule has 23 heavy (non-hydrogen) atoms. The SMILES string of the molecule is COc1ccc(NCC(=O)Nc2ccc(OC)c(Cl)c2)cc1F. The topological polar surface area (TPSA) is 59.6 Å². The minimum atomic E-state index is -0.500. The maximum Gasteiger partial charge on any atom is 0.243 e. The van der Waals surface area contributed by atoms with Crippen LogP contribution in [0.4, 0.5) is 15.8 Å². The van der Waals surface area contributed by atoms with Crippen LogP contribution in [-0.4, -0.2) is 26.7 Å². The maximum absolute atomic E-state index is 13.5. The fraction of sp³-hybridized carbons (Fsp3) is 0.188. The van der Waals surface area contributed by atoms with Gasteiger partial charge >= 0.3 is 0 Å². The number of anilines is 2. The lowest BCUT2D eigenvalue weighted by molar-refractivity contribution is -0.114. The highest BCUT2D eigenvalue weighted by molar-refractivity contribution is 6.32. The van der Waals surface area contributed by atoms with Gasteiger partial charge in [0.1, 0.15) is 5.75 Å². The van der Waals surface area contributed by atoms with Crippen LogP contribution in [0.25, 0.3) is 0 Å². The summed E-state index contributed by atoms with van der Waals surface area (Å²) >= 11 is 5.99. The van der Waals surface area contributed by atoms with Crippen LogP contribution >= 0.6 is 11.6 Å². The molecule has 7 heteroatoms. The molecule has 0 radical (unpaired) electrons. The number of carbonyl (C=O) groups excluding carboxylic acids is 1. The molecule has 0 saturated carbocycles. The number of methoxy groups -OCH3 is 2. The molecule has 0 aliphatic carbocycles. The molecule has 5 nitrogen and oxygen atoms in total. The summed E-state index contributed by atoms with van der Waals surface area (Å²) in [6.45, 7) is -0.0184. The van der Waals surface area contributed by atoms with E-state index < -0.39 is 5.82 Å². The number of halogens is 2. The normalized spacial score (nSPS) is 10.1. The van der Waals surface area contributed by atoms with Gasteiger partial charge in [-0.3, -0.25) is 4.79 Å². The molecule has 1 amide bonds. The van der Waals surface area contributed by atoms with Crippen molar-refractivity contribution in [1.82, 2.24) is 0 Å². The Morgan fingerprint density at radius 3 is 2.35 bits per heavy atom. The molecule has 0 unspecified atom stereocenters. The van der Waals surface area contributed by atoms with Gasteiger partial charge in [-0.25, -0.2) is 4.39 Å². The third-order valence-corrected chi connectivity index (χ3v) is 3.34. The van der Waals surface area contributed by atoms with Gasteiger partial charge in [0.25, 0.3) is 0 Å². The number of carbonyl (C=O) groups is 1. The minimum absolute atomic E-state index is 0.0184. The van der Waals surface area contributed by atoms with Gasteiger partial charge in [-0.15, -0.1) is 0 Å². The van der Waals surface area contributed by atoms with Crippen molar-refractivity contribution in [2.75, 3.05) is 31.4 Å². The molecule has 0 fully saturated rings. The summed E-state index contributed by atoms with van der Waals surface area (Å²) in [6.07, 6.45) is 0. The Bertz CT molecular complexity index is 710. The van der Waals surface area contributed by atoms with Gasteiger partial charge in [0.05, 0.1) is 25.8 Å². The molecule has 0 aliphatic rings. The first-order valence-corrected chi connectivity index (χ1v) is 7.12. The number of hydrogen-bond acceptors (Lipinski definition) is 4. The summed E-state index contributed by atoms with van der Waals surface area (Å²) in [5, 5.41) is 5.91. The second kappa shape index (κ2) is 7.69. The van der Waals surface area contributed by atoms with Gasteiger partial charge in [-0.2, -0.15) is 0 Å². The summed E-state index contributed by atoms with van der Waals surface area (Å²) in [5.41, 5.74) is 1.02. The van der Waals surface area contributed by atoms with E-state index >= 15 is 0 Å². The van der Waals surface area contributed by atoms with Crippen LogP contribution in [0.5, 0.6) is 11.5 Å². The molecule has 2 aromatic carbocycles. The number of nitrogens with one attached hydrogen (secondary N) is 2. The zero-order chi connectivity index (χ0) is 16.8. The Balaban J connectivity index is 1.92. The van der Waals surface area contributed by atoms with E-state index in [4.69, 9.17) is 21.1 Å². The molecule has 2 rings (SSSR count). The number of rotatable bonds is 6. The summed E-state index contributed by atoms with van der Waals surface area (Å²) in [7, 11) is 2.90. The second-order valence-electron chi connectivity index (χ2n) is 4.60. The van der Waals surface area contributed by atoms with Crippen LogP contribution in [0.15, 0.2) is 36.4 Å². The zero-order valence-electron chi connectivity index (χ0n) is 12.7. The summed E-state index contributed by atoms with van der Waals surface area (Å²) in [5.74, 6) is -0.119. The first kappa shape index (κ1) is 16.9. The van der Waals surface area contributed by atoms with E-state index in [0.717, 1.165) is 0 Å². The molecule has 0 spiro atoms. The average Bonchev–Trinajstić information content (AvgIpc) is 2.53. The van der Waals surface area contributed by atoms with Crippen LogP contribution in [-0.2, 0) is 4.79 Å². The Morgan fingerprint density at radius 1 is 1.09 bits per heavy atom. The van der Waals surface area contributed by atoms with Crippen molar-refractivity contribution in [3.05, 3.63) is 47.2 Å². The van der Waals surface area contributed by atoms with Crippen molar-refractivity contribution in [3.63, 3.8) is 0 Å². The van der Waals surface area contributed by atoms with Gasteiger partial charge in [-0.1, -0.05) is 11.6 Å². The van der Waals surface area contributed by atoms with Crippen molar-refractivity contribution in [3.8, 4) is 11.5 Å². The van der Waals surface area contributed by atoms with Gasteiger partial charge < -0.3 is 20.1 Å².